The first-order chi connectivity index (χ1) is 17.5. The molecule has 0 unspecified atom stereocenters. The second kappa shape index (κ2) is 14.1. The van der Waals surface area contributed by atoms with E-state index in [1.165, 1.54) is 38.5 Å². The number of benzene rings is 2. The van der Waals surface area contributed by atoms with Crippen LogP contribution in [0.25, 0.3) is 11.4 Å². The van der Waals surface area contributed by atoms with Gasteiger partial charge in [0.2, 0.25) is 0 Å². The lowest BCUT2D eigenvalue weighted by atomic mass is 10.1. The second-order valence-corrected chi connectivity index (χ2v) is 9.10. The van der Waals surface area contributed by atoms with Gasteiger partial charge in [0.1, 0.15) is 11.5 Å². The van der Waals surface area contributed by atoms with Crippen molar-refractivity contribution in [2.45, 2.75) is 72.1 Å². The second-order valence-electron chi connectivity index (χ2n) is 9.10. The lowest BCUT2D eigenvalue weighted by molar-refractivity contribution is -0.138. The molecule has 3 aromatic rings. The molecule has 36 heavy (non-hydrogen) atoms. The Morgan fingerprint density at radius 1 is 0.778 bits per heavy atom. The van der Waals surface area contributed by atoms with Crippen LogP contribution >= 0.6 is 0 Å². The number of aryl methyl sites for hydroxylation is 1. The summed E-state index contributed by atoms with van der Waals surface area (Å²) in [4.78, 5) is 33.4. The van der Waals surface area contributed by atoms with Crippen LogP contribution in [0.15, 0.2) is 60.9 Å². The van der Waals surface area contributed by atoms with Crippen LogP contribution in [0, 0.1) is 5.92 Å². The van der Waals surface area contributed by atoms with E-state index in [-0.39, 0.29) is 11.9 Å². The van der Waals surface area contributed by atoms with Crippen molar-refractivity contribution in [3.63, 3.8) is 0 Å². The van der Waals surface area contributed by atoms with Crippen LogP contribution in [0.3, 0.4) is 0 Å². The van der Waals surface area contributed by atoms with E-state index in [4.69, 9.17) is 9.47 Å². The Hall–Kier alpha value is -3.54. The smallest absolute Gasteiger partial charge is 0.343 e. The van der Waals surface area contributed by atoms with Gasteiger partial charge >= 0.3 is 11.9 Å². The summed E-state index contributed by atoms with van der Waals surface area (Å²) < 4.78 is 10.8. The number of ether oxygens (including phenoxy) is 2. The van der Waals surface area contributed by atoms with Crippen molar-refractivity contribution >= 4 is 11.9 Å². The third kappa shape index (κ3) is 8.29. The number of unbranched alkanes of at least 4 members (excludes halogenated alkanes) is 5. The fourth-order valence-corrected chi connectivity index (χ4v) is 3.62. The van der Waals surface area contributed by atoms with Gasteiger partial charge in [0.15, 0.2) is 5.82 Å². The fourth-order valence-electron chi connectivity index (χ4n) is 3.62. The number of hydrogen-bond acceptors (Lipinski definition) is 6. The van der Waals surface area contributed by atoms with Crippen LogP contribution < -0.4 is 9.47 Å². The zero-order valence-corrected chi connectivity index (χ0v) is 21.5. The maximum Gasteiger partial charge on any atom is 0.343 e. The number of hydrogen-bond donors (Lipinski definition) is 0. The average molecular weight is 489 g/mol. The van der Waals surface area contributed by atoms with Gasteiger partial charge in [0, 0.05) is 18.0 Å². The lowest BCUT2D eigenvalue weighted by Gasteiger charge is -2.09. The largest absolute Gasteiger partial charge is 0.426 e. The highest BCUT2D eigenvalue weighted by Gasteiger charge is 2.14. The quantitative estimate of drug-likeness (QED) is 0.144. The van der Waals surface area contributed by atoms with E-state index in [2.05, 4.69) is 16.9 Å². The van der Waals surface area contributed by atoms with Gasteiger partial charge in [-0.25, -0.2) is 14.8 Å². The van der Waals surface area contributed by atoms with Gasteiger partial charge in [-0.3, -0.25) is 4.79 Å². The minimum absolute atomic E-state index is 0.175. The van der Waals surface area contributed by atoms with Crippen LogP contribution in [0.4, 0.5) is 0 Å². The third-order valence-electron chi connectivity index (χ3n) is 6.17. The van der Waals surface area contributed by atoms with E-state index in [1.54, 1.807) is 36.4 Å². The van der Waals surface area contributed by atoms with Crippen LogP contribution in [0.2, 0.25) is 0 Å². The number of nitrogens with zero attached hydrogens (tertiary/aromatic N) is 2. The Morgan fingerprint density at radius 2 is 1.36 bits per heavy atom. The van der Waals surface area contributed by atoms with Crippen molar-refractivity contribution < 1.29 is 19.1 Å². The van der Waals surface area contributed by atoms with Crippen molar-refractivity contribution in [1.82, 2.24) is 9.97 Å². The van der Waals surface area contributed by atoms with Gasteiger partial charge < -0.3 is 9.47 Å². The van der Waals surface area contributed by atoms with Crippen molar-refractivity contribution in [3.05, 3.63) is 72.1 Å². The molecule has 1 aromatic heterocycles. The average Bonchev–Trinajstić information content (AvgIpc) is 2.91. The van der Waals surface area contributed by atoms with Crippen molar-refractivity contribution in [3.8, 4) is 22.9 Å². The molecule has 1 heterocycles. The Balaban J connectivity index is 1.50. The number of carbonyl (C=O) groups is 2. The molecule has 0 fully saturated rings. The standard InChI is InChI=1S/C30H36N2O4/c1-4-6-7-8-9-10-11-23-20-31-28(32-21-23)24-12-16-27(17-13-24)36-30(34)25-14-18-26(19-15-25)35-29(33)22(3)5-2/h12-22H,4-11H2,1-3H3/t22-/m0/s1. The first-order valence-electron chi connectivity index (χ1n) is 13.0. The van der Waals surface area contributed by atoms with Crippen LogP contribution in [0.1, 0.15) is 81.6 Å². The highest BCUT2D eigenvalue weighted by molar-refractivity contribution is 5.91. The molecule has 0 radical (unpaired) electrons. The predicted octanol–water partition coefficient (Wildman–Crippen LogP) is 7.22. The molecule has 0 N–H and O–H groups in total. The zero-order valence-electron chi connectivity index (χ0n) is 21.5. The van der Waals surface area contributed by atoms with Gasteiger partial charge in [-0.2, -0.15) is 0 Å². The van der Waals surface area contributed by atoms with Gasteiger partial charge in [-0.15, -0.1) is 0 Å². The molecule has 0 saturated carbocycles. The SMILES string of the molecule is CCCCCCCCc1cnc(-c2ccc(OC(=O)c3ccc(OC(=O)[C@@H](C)CC)cc3)cc2)nc1. The molecule has 0 aliphatic heterocycles. The van der Waals surface area contributed by atoms with E-state index in [0.29, 0.717) is 29.3 Å². The minimum Gasteiger partial charge on any atom is -0.426 e. The highest BCUT2D eigenvalue weighted by atomic mass is 16.5. The van der Waals surface area contributed by atoms with E-state index in [1.807, 2.05) is 38.4 Å². The Bertz CT molecular complexity index is 1090. The summed E-state index contributed by atoms with van der Waals surface area (Å²) in [5.74, 6) is 0.519. The summed E-state index contributed by atoms with van der Waals surface area (Å²) in [6.07, 6.45) is 13.1. The van der Waals surface area contributed by atoms with E-state index in [0.717, 1.165) is 17.5 Å². The normalized spacial score (nSPS) is 11.6. The van der Waals surface area contributed by atoms with Gasteiger partial charge in [0.05, 0.1) is 11.5 Å². The number of aromatic nitrogens is 2. The summed E-state index contributed by atoms with van der Waals surface area (Å²) in [6.45, 7) is 5.98. The number of carbonyl (C=O) groups excluding carboxylic acids is 2. The summed E-state index contributed by atoms with van der Waals surface area (Å²) in [5, 5.41) is 0. The summed E-state index contributed by atoms with van der Waals surface area (Å²) in [7, 11) is 0. The summed E-state index contributed by atoms with van der Waals surface area (Å²) in [6, 6.07) is 13.5. The molecule has 190 valence electrons. The molecule has 0 saturated heterocycles. The summed E-state index contributed by atoms with van der Waals surface area (Å²) >= 11 is 0. The van der Waals surface area contributed by atoms with Gasteiger partial charge in [-0.05, 0) is 73.4 Å². The van der Waals surface area contributed by atoms with Gasteiger partial charge in [0.25, 0.3) is 0 Å². The molecule has 3 rings (SSSR count). The highest BCUT2D eigenvalue weighted by Crippen LogP contribution is 2.21. The molecule has 0 spiro atoms. The molecule has 0 bridgehead atoms. The Morgan fingerprint density at radius 3 is 2.00 bits per heavy atom. The van der Waals surface area contributed by atoms with Crippen molar-refractivity contribution in [1.29, 1.82) is 0 Å². The van der Waals surface area contributed by atoms with Crippen LogP contribution in [0.5, 0.6) is 11.5 Å². The van der Waals surface area contributed by atoms with Crippen molar-refractivity contribution in [2.75, 3.05) is 0 Å². The number of rotatable bonds is 13. The fraction of sp³-hybridized carbons (Fsp3) is 0.400. The maximum atomic E-state index is 12.5. The molecule has 0 aliphatic carbocycles. The first kappa shape index (κ1) is 27.1. The Kier molecular flexibility index (Phi) is 10.6. The molecular formula is C30H36N2O4. The topological polar surface area (TPSA) is 78.4 Å². The molecule has 0 amide bonds. The van der Waals surface area contributed by atoms with Crippen molar-refractivity contribution in [2.24, 2.45) is 5.92 Å². The number of esters is 2. The first-order valence-corrected chi connectivity index (χ1v) is 13.0. The van der Waals surface area contributed by atoms with Gasteiger partial charge in [-0.1, -0.05) is 52.9 Å². The third-order valence-corrected chi connectivity index (χ3v) is 6.17. The minimum atomic E-state index is -0.488. The summed E-state index contributed by atoms with van der Waals surface area (Å²) in [5.41, 5.74) is 2.38. The molecular weight excluding hydrogens is 452 g/mol. The molecule has 0 aliphatic rings. The molecule has 2 aromatic carbocycles. The lowest BCUT2D eigenvalue weighted by Crippen LogP contribution is -2.17. The monoisotopic (exact) mass is 488 g/mol. The predicted molar refractivity (Wildman–Crippen MR) is 141 cm³/mol. The van der Waals surface area contributed by atoms with E-state index < -0.39 is 5.97 Å². The Labute approximate surface area is 214 Å². The van der Waals surface area contributed by atoms with Crippen LogP contribution in [-0.4, -0.2) is 21.9 Å². The molecule has 1 atom stereocenters. The zero-order chi connectivity index (χ0) is 25.8. The van der Waals surface area contributed by atoms with E-state index in [9.17, 15) is 9.59 Å². The van der Waals surface area contributed by atoms with Crippen LogP contribution in [-0.2, 0) is 11.2 Å². The van der Waals surface area contributed by atoms with E-state index >= 15 is 0 Å². The molecule has 6 heteroatoms. The molecule has 6 nitrogen and oxygen atoms in total. The maximum absolute atomic E-state index is 12.5.